The number of nitrogens with one attached hydrogen (secondary N) is 4. The second-order valence-electron chi connectivity index (χ2n) is 6.91. The number of amides is 2. The van der Waals surface area contributed by atoms with Crippen molar-refractivity contribution in [1.82, 2.24) is 16.0 Å². The highest BCUT2D eigenvalue weighted by Gasteiger charge is 2.04. The lowest BCUT2D eigenvalue weighted by molar-refractivity contribution is 0.250. The summed E-state index contributed by atoms with van der Waals surface area (Å²) in [6.07, 6.45) is 0.579. The molecule has 0 heterocycles. The normalized spacial score (nSPS) is 10.9. The molecule has 0 aliphatic heterocycles. The minimum atomic E-state index is -0.223. The summed E-state index contributed by atoms with van der Waals surface area (Å²) in [4.78, 5) is 16.3. The molecule has 164 valence electrons. The van der Waals surface area contributed by atoms with E-state index in [1.54, 1.807) is 12.1 Å². The molecule has 0 radical (unpaired) electrons. The van der Waals surface area contributed by atoms with Crippen molar-refractivity contribution in [2.24, 2.45) is 4.99 Å². The number of guanidine groups is 1. The number of rotatable bonds is 8. The maximum Gasteiger partial charge on any atom is 0.319 e. The van der Waals surface area contributed by atoms with Crippen molar-refractivity contribution < 1.29 is 9.18 Å². The molecular formula is C22H31FIN5O. The first-order valence-electron chi connectivity index (χ1n) is 9.90. The van der Waals surface area contributed by atoms with Crippen LogP contribution in [0.3, 0.4) is 0 Å². The topological polar surface area (TPSA) is 77.5 Å². The van der Waals surface area contributed by atoms with Gasteiger partial charge in [0, 0.05) is 24.8 Å². The van der Waals surface area contributed by atoms with Crippen LogP contribution < -0.4 is 21.3 Å². The van der Waals surface area contributed by atoms with Gasteiger partial charge in [-0.3, -0.25) is 0 Å². The molecule has 0 bridgehead atoms. The van der Waals surface area contributed by atoms with Gasteiger partial charge < -0.3 is 21.3 Å². The lowest BCUT2D eigenvalue weighted by atomic mass is 10.1. The van der Waals surface area contributed by atoms with Crippen molar-refractivity contribution in [2.75, 3.05) is 18.4 Å². The van der Waals surface area contributed by atoms with Crippen LogP contribution in [-0.2, 0) is 13.0 Å². The van der Waals surface area contributed by atoms with E-state index in [1.165, 1.54) is 6.07 Å². The van der Waals surface area contributed by atoms with E-state index < -0.39 is 0 Å². The minimum Gasteiger partial charge on any atom is -0.357 e. The largest absolute Gasteiger partial charge is 0.357 e. The second-order valence-corrected chi connectivity index (χ2v) is 6.91. The number of hydrogen-bond donors (Lipinski definition) is 4. The standard InChI is InChI=1S/C22H30FN5O.HI/c1-4-24-21(25-14-13-18-7-5-6-8-20(18)23)26-15-17-9-11-19(12-10-17)28-22(29)27-16(2)3;/h5-12,16H,4,13-15H2,1-3H3,(H2,24,25,26)(H2,27,28,29);1H. The fourth-order valence-corrected chi connectivity index (χ4v) is 2.65. The van der Waals surface area contributed by atoms with Gasteiger partial charge in [-0.05, 0) is 56.5 Å². The van der Waals surface area contributed by atoms with Crippen LogP contribution in [0.4, 0.5) is 14.9 Å². The van der Waals surface area contributed by atoms with Gasteiger partial charge in [-0.25, -0.2) is 14.2 Å². The number of nitrogens with zero attached hydrogens (tertiary/aromatic N) is 1. The molecule has 0 fully saturated rings. The van der Waals surface area contributed by atoms with Gasteiger partial charge >= 0.3 is 6.03 Å². The van der Waals surface area contributed by atoms with Crippen LogP contribution in [0, 0.1) is 5.82 Å². The van der Waals surface area contributed by atoms with E-state index in [2.05, 4.69) is 26.3 Å². The zero-order chi connectivity index (χ0) is 21.1. The van der Waals surface area contributed by atoms with Crippen LogP contribution in [0.2, 0.25) is 0 Å². The van der Waals surface area contributed by atoms with Crippen molar-refractivity contribution in [3.8, 4) is 0 Å². The molecule has 8 heteroatoms. The van der Waals surface area contributed by atoms with Crippen LogP contribution in [0.5, 0.6) is 0 Å². The third-order valence-electron chi connectivity index (χ3n) is 4.04. The van der Waals surface area contributed by atoms with Gasteiger partial charge in [0.05, 0.1) is 6.54 Å². The summed E-state index contributed by atoms with van der Waals surface area (Å²) < 4.78 is 13.7. The van der Waals surface area contributed by atoms with Crippen molar-refractivity contribution in [3.05, 3.63) is 65.5 Å². The highest BCUT2D eigenvalue weighted by atomic mass is 127. The molecule has 2 amide bonds. The SMILES string of the molecule is CCNC(=NCc1ccc(NC(=O)NC(C)C)cc1)NCCc1ccccc1F.I. The Balaban J connectivity index is 0.00000450. The van der Waals surface area contributed by atoms with Gasteiger partial charge in [-0.2, -0.15) is 0 Å². The second kappa shape index (κ2) is 13.8. The lowest BCUT2D eigenvalue weighted by Gasteiger charge is -2.12. The maximum atomic E-state index is 13.7. The molecule has 30 heavy (non-hydrogen) atoms. The van der Waals surface area contributed by atoms with Crippen molar-refractivity contribution in [1.29, 1.82) is 0 Å². The highest BCUT2D eigenvalue weighted by molar-refractivity contribution is 14.0. The van der Waals surface area contributed by atoms with E-state index in [0.717, 1.165) is 17.8 Å². The third kappa shape index (κ3) is 9.43. The van der Waals surface area contributed by atoms with Crippen molar-refractivity contribution in [3.63, 3.8) is 0 Å². The Labute approximate surface area is 195 Å². The summed E-state index contributed by atoms with van der Waals surface area (Å²) in [7, 11) is 0. The average Bonchev–Trinajstić information content (AvgIpc) is 2.68. The van der Waals surface area contributed by atoms with Gasteiger partial charge in [0.2, 0.25) is 0 Å². The van der Waals surface area contributed by atoms with Gasteiger partial charge in [0.25, 0.3) is 0 Å². The Morgan fingerprint density at radius 2 is 1.77 bits per heavy atom. The van der Waals surface area contributed by atoms with Crippen LogP contribution in [0.1, 0.15) is 31.9 Å². The Morgan fingerprint density at radius 1 is 1.07 bits per heavy atom. The van der Waals surface area contributed by atoms with Crippen LogP contribution >= 0.6 is 24.0 Å². The number of anilines is 1. The van der Waals surface area contributed by atoms with Gasteiger partial charge in [0.1, 0.15) is 5.82 Å². The van der Waals surface area contributed by atoms with Crippen LogP contribution in [0.15, 0.2) is 53.5 Å². The Kier molecular flexibility index (Phi) is 11.8. The summed E-state index contributed by atoms with van der Waals surface area (Å²) in [6, 6.07) is 14.2. The molecule has 0 unspecified atom stereocenters. The van der Waals surface area contributed by atoms with E-state index in [4.69, 9.17) is 0 Å². The number of carbonyl (C=O) groups is 1. The summed E-state index contributed by atoms with van der Waals surface area (Å²) in [5, 5.41) is 12.0. The molecule has 2 aromatic rings. The number of carbonyl (C=O) groups excluding carboxylic acids is 1. The van der Waals surface area contributed by atoms with Crippen molar-refractivity contribution in [2.45, 2.75) is 39.8 Å². The minimum absolute atomic E-state index is 0. The van der Waals surface area contributed by atoms with E-state index in [-0.39, 0.29) is 41.9 Å². The zero-order valence-electron chi connectivity index (χ0n) is 17.7. The Morgan fingerprint density at radius 3 is 2.40 bits per heavy atom. The summed E-state index contributed by atoms with van der Waals surface area (Å²) >= 11 is 0. The van der Waals surface area contributed by atoms with E-state index in [0.29, 0.717) is 31.0 Å². The molecule has 0 aromatic heterocycles. The number of aliphatic imine (C=N–C) groups is 1. The fraction of sp³-hybridized carbons (Fsp3) is 0.364. The summed E-state index contributed by atoms with van der Waals surface area (Å²) in [6.45, 7) is 7.63. The molecule has 4 N–H and O–H groups in total. The number of urea groups is 1. The molecular weight excluding hydrogens is 496 g/mol. The van der Waals surface area contributed by atoms with Gasteiger partial charge in [-0.15, -0.1) is 24.0 Å². The van der Waals surface area contributed by atoms with E-state index in [9.17, 15) is 9.18 Å². The van der Waals surface area contributed by atoms with Gasteiger partial charge in [0.15, 0.2) is 5.96 Å². The molecule has 0 atom stereocenters. The first-order chi connectivity index (χ1) is 14.0. The zero-order valence-corrected chi connectivity index (χ0v) is 20.0. The number of benzene rings is 2. The van der Waals surface area contributed by atoms with E-state index >= 15 is 0 Å². The predicted octanol–water partition coefficient (Wildman–Crippen LogP) is 4.27. The summed E-state index contributed by atoms with van der Waals surface area (Å²) in [5.41, 5.74) is 2.43. The molecule has 2 rings (SSSR count). The molecule has 0 saturated carbocycles. The Hall–Kier alpha value is -2.36. The summed E-state index contributed by atoms with van der Waals surface area (Å²) in [5.74, 6) is 0.495. The number of hydrogen-bond acceptors (Lipinski definition) is 2. The first kappa shape index (κ1) is 25.7. The predicted molar refractivity (Wildman–Crippen MR) is 132 cm³/mol. The monoisotopic (exact) mass is 527 g/mol. The van der Waals surface area contributed by atoms with Gasteiger partial charge in [-0.1, -0.05) is 30.3 Å². The quantitative estimate of drug-likeness (QED) is 0.235. The first-order valence-corrected chi connectivity index (χ1v) is 9.90. The average molecular weight is 527 g/mol. The smallest absolute Gasteiger partial charge is 0.319 e. The molecule has 0 aliphatic carbocycles. The van der Waals surface area contributed by atoms with E-state index in [1.807, 2.05) is 51.1 Å². The Bertz CT molecular complexity index is 811. The van der Waals surface area contributed by atoms with Crippen molar-refractivity contribution >= 4 is 41.7 Å². The molecule has 2 aromatic carbocycles. The fourth-order valence-electron chi connectivity index (χ4n) is 2.65. The lowest BCUT2D eigenvalue weighted by Crippen LogP contribution is -2.38. The van der Waals surface area contributed by atoms with Crippen LogP contribution in [0.25, 0.3) is 0 Å². The third-order valence-corrected chi connectivity index (χ3v) is 4.04. The molecule has 0 aliphatic rings. The van der Waals surface area contributed by atoms with Crippen LogP contribution in [-0.4, -0.2) is 31.1 Å². The number of halogens is 2. The molecule has 0 spiro atoms. The highest BCUT2D eigenvalue weighted by Crippen LogP contribution is 2.10. The molecule has 6 nitrogen and oxygen atoms in total. The maximum absolute atomic E-state index is 13.7. The molecule has 0 saturated heterocycles.